The average molecular weight is 221 g/mol. The normalized spacial score (nSPS) is 13.1. The molecule has 1 unspecified atom stereocenters. The zero-order valence-corrected chi connectivity index (χ0v) is 10.6. The number of nitrogens with zero attached hydrogens (tertiary/aromatic N) is 1. The lowest BCUT2D eigenvalue weighted by molar-refractivity contribution is 0.134. The van der Waals surface area contributed by atoms with Crippen molar-refractivity contribution < 1.29 is 5.11 Å². The van der Waals surface area contributed by atoms with Crippen molar-refractivity contribution in [2.75, 3.05) is 20.3 Å². The lowest BCUT2D eigenvalue weighted by Crippen LogP contribution is -2.21. The second-order valence-corrected chi connectivity index (χ2v) is 4.52. The van der Waals surface area contributed by atoms with Gasteiger partial charge in [-0.05, 0) is 36.9 Å². The van der Waals surface area contributed by atoms with Gasteiger partial charge in [-0.1, -0.05) is 38.1 Å². The van der Waals surface area contributed by atoms with Crippen molar-refractivity contribution in [2.45, 2.75) is 32.6 Å². The molecule has 90 valence electrons. The summed E-state index contributed by atoms with van der Waals surface area (Å²) in [5, 5.41) is 8.89. The Labute approximate surface area is 98.9 Å². The lowest BCUT2D eigenvalue weighted by atomic mass is 9.97. The molecule has 0 fully saturated rings. The van der Waals surface area contributed by atoms with E-state index >= 15 is 0 Å². The molecule has 0 amide bonds. The monoisotopic (exact) mass is 221 g/mol. The highest BCUT2D eigenvalue weighted by atomic mass is 16.3. The fraction of sp³-hybridized carbons (Fsp3) is 0.571. The van der Waals surface area contributed by atoms with Crippen LogP contribution in [0.1, 0.15) is 37.3 Å². The summed E-state index contributed by atoms with van der Waals surface area (Å²) in [5.74, 6) is 0.647. The van der Waals surface area contributed by atoms with Crippen molar-refractivity contribution in [1.29, 1.82) is 0 Å². The Bertz CT molecular complexity index is 294. The van der Waals surface area contributed by atoms with Crippen LogP contribution in [-0.2, 0) is 6.42 Å². The maximum absolute atomic E-state index is 8.89. The summed E-state index contributed by atoms with van der Waals surface area (Å²) in [6.07, 6.45) is 2.18. The third-order valence-corrected chi connectivity index (χ3v) is 3.18. The van der Waals surface area contributed by atoms with Crippen molar-refractivity contribution in [2.24, 2.45) is 0 Å². The summed E-state index contributed by atoms with van der Waals surface area (Å²) in [6.45, 7) is 5.51. The zero-order chi connectivity index (χ0) is 12.0. The van der Waals surface area contributed by atoms with Gasteiger partial charge in [0, 0.05) is 6.54 Å². The number of hydrogen-bond acceptors (Lipinski definition) is 2. The fourth-order valence-electron chi connectivity index (χ4n) is 1.64. The van der Waals surface area contributed by atoms with Gasteiger partial charge in [-0.25, -0.2) is 0 Å². The first-order valence-electron chi connectivity index (χ1n) is 6.05. The number of likely N-dealkylation sites (N-methyl/N-ethyl adjacent to an activating group) is 1. The number of hydrogen-bond donors (Lipinski definition) is 1. The number of aliphatic hydroxyl groups is 1. The minimum Gasteiger partial charge on any atom is -0.381 e. The highest BCUT2D eigenvalue weighted by Gasteiger charge is 2.02. The van der Waals surface area contributed by atoms with Crippen LogP contribution in [0.2, 0.25) is 0 Å². The molecule has 0 bridgehead atoms. The molecule has 1 aromatic rings. The largest absolute Gasteiger partial charge is 0.381 e. The molecule has 0 saturated carbocycles. The van der Waals surface area contributed by atoms with Gasteiger partial charge in [-0.3, -0.25) is 4.90 Å². The summed E-state index contributed by atoms with van der Waals surface area (Å²) in [7, 11) is 1.92. The summed E-state index contributed by atoms with van der Waals surface area (Å²) >= 11 is 0. The molecule has 2 nitrogen and oxygen atoms in total. The number of benzene rings is 1. The van der Waals surface area contributed by atoms with Crippen LogP contribution < -0.4 is 0 Å². The standard InChI is InChI=1S/C14H23NO/c1-4-12(2)14-7-5-13(6-8-14)9-10-15(3)11-16/h5-8,12,16H,4,9-11H2,1-3H3. The van der Waals surface area contributed by atoms with Crippen molar-refractivity contribution in [3.63, 3.8) is 0 Å². The second-order valence-electron chi connectivity index (χ2n) is 4.52. The SMILES string of the molecule is CCC(C)c1ccc(CCN(C)CO)cc1. The molecule has 0 radical (unpaired) electrons. The van der Waals surface area contributed by atoms with Gasteiger partial charge < -0.3 is 5.11 Å². The van der Waals surface area contributed by atoms with E-state index in [2.05, 4.69) is 38.1 Å². The van der Waals surface area contributed by atoms with E-state index in [1.807, 2.05) is 11.9 Å². The lowest BCUT2D eigenvalue weighted by Gasteiger charge is -2.13. The van der Waals surface area contributed by atoms with E-state index in [-0.39, 0.29) is 6.73 Å². The van der Waals surface area contributed by atoms with Crippen LogP contribution in [0.25, 0.3) is 0 Å². The average Bonchev–Trinajstić information content (AvgIpc) is 2.35. The minimum absolute atomic E-state index is 0.130. The molecule has 1 rings (SSSR count). The Morgan fingerprint density at radius 2 is 1.88 bits per heavy atom. The molecule has 1 atom stereocenters. The van der Waals surface area contributed by atoms with Gasteiger partial charge in [-0.2, -0.15) is 0 Å². The quantitative estimate of drug-likeness (QED) is 0.746. The van der Waals surface area contributed by atoms with Gasteiger partial charge >= 0.3 is 0 Å². The fourth-order valence-corrected chi connectivity index (χ4v) is 1.64. The topological polar surface area (TPSA) is 23.5 Å². The predicted molar refractivity (Wildman–Crippen MR) is 68.6 cm³/mol. The molecule has 0 aromatic heterocycles. The van der Waals surface area contributed by atoms with Crippen LogP contribution in [0.3, 0.4) is 0 Å². The third kappa shape index (κ3) is 3.95. The molecule has 0 aliphatic carbocycles. The van der Waals surface area contributed by atoms with Crippen molar-refractivity contribution in [1.82, 2.24) is 4.90 Å². The Hall–Kier alpha value is -0.860. The molecule has 1 aromatic carbocycles. The van der Waals surface area contributed by atoms with E-state index in [0.29, 0.717) is 5.92 Å². The van der Waals surface area contributed by atoms with Gasteiger partial charge in [0.05, 0.1) is 6.73 Å². The van der Waals surface area contributed by atoms with Crippen molar-refractivity contribution in [3.05, 3.63) is 35.4 Å². The molecular weight excluding hydrogens is 198 g/mol. The van der Waals surface area contributed by atoms with E-state index in [9.17, 15) is 0 Å². The van der Waals surface area contributed by atoms with Crippen LogP contribution in [0, 0.1) is 0 Å². The van der Waals surface area contributed by atoms with E-state index < -0.39 is 0 Å². The second kappa shape index (κ2) is 6.66. The van der Waals surface area contributed by atoms with E-state index in [4.69, 9.17) is 5.11 Å². The maximum atomic E-state index is 8.89. The van der Waals surface area contributed by atoms with Gasteiger partial charge in [0.1, 0.15) is 0 Å². The maximum Gasteiger partial charge on any atom is 0.0954 e. The van der Waals surface area contributed by atoms with Crippen molar-refractivity contribution >= 4 is 0 Å². The summed E-state index contributed by atoms with van der Waals surface area (Å²) in [6, 6.07) is 8.85. The Kier molecular flexibility index (Phi) is 5.50. The number of rotatable bonds is 6. The molecule has 0 saturated heterocycles. The molecular formula is C14H23NO. The Morgan fingerprint density at radius 3 is 2.38 bits per heavy atom. The zero-order valence-electron chi connectivity index (χ0n) is 10.6. The molecule has 0 aliphatic rings. The molecule has 0 heterocycles. The van der Waals surface area contributed by atoms with E-state index in [1.165, 1.54) is 17.5 Å². The minimum atomic E-state index is 0.130. The highest BCUT2D eigenvalue weighted by Crippen LogP contribution is 2.18. The van der Waals surface area contributed by atoms with Crippen molar-refractivity contribution in [3.8, 4) is 0 Å². The Balaban J connectivity index is 2.51. The van der Waals surface area contributed by atoms with Gasteiger partial charge in [0.2, 0.25) is 0 Å². The van der Waals surface area contributed by atoms with Crippen LogP contribution >= 0.6 is 0 Å². The third-order valence-electron chi connectivity index (χ3n) is 3.18. The first kappa shape index (κ1) is 13.2. The van der Waals surface area contributed by atoms with E-state index in [0.717, 1.165) is 13.0 Å². The molecule has 16 heavy (non-hydrogen) atoms. The summed E-state index contributed by atoms with van der Waals surface area (Å²) in [5.41, 5.74) is 2.76. The molecule has 0 aliphatic heterocycles. The number of aliphatic hydroxyl groups excluding tert-OH is 1. The predicted octanol–water partition coefficient (Wildman–Crippen LogP) is 2.62. The molecule has 0 spiro atoms. The molecule has 1 N–H and O–H groups in total. The summed E-state index contributed by atoms with van der Waals surface area (Å²) in [4.78, 5) is 1.91. The van der Waals surface area contributed by atoms with Crippen LogP contribution in [-0.4, -0.2) is 30.3 Å². The van der Waals surface area contributed by atoms with Gasteiger partial charge in [0.25, 0.3) is 0 Å². The van der Waals surface area contributed by atoms with Crippen LogP contribution in [0.15, 0.2) is 24.3 Å². The highest BCUT2D eigenvalue weighted by molar-refractivity contribution is 5.25. The smallest absolute Gasteiger partial charge is 0.0954 e. The summed E-state index contributed by atoms with van der Waals surface area (Å²) < 4.78 is 0. The van der Waals surface area contributed by atoms with Gasteiger partial charge in [-0.15, -0.1) is 0 Å². The Morgan fingerprint density at radius 1 is 1.25 bits per heavy atom. The van der Waals surface area contributed by atoms with Crippen LogP contribution in [0.4, 0.5) is 0 Å². The molecule has 2 heteroatoms. The van der Waals surface area contributed by atoms with E-state index in [1.54, 1.807) is 0 Å². The van der Waals surface area contributed by atoms with Gasteiger partial charge in [0.15, 0.2) is 0 Å². The van der Waals surface area contributed by atoms with Crippen LogP contribution in [0.5, 0.6) is 0 Å². The first-order valence-corrected chi connectivity index (χ1v) is 6.05. The first-order chi connectivity index (χ1) is 7.67.